The van der Waals surface area contributed by atoms with Crippen LogP contribution in [-0.4, -0.2) is 36.4 Å². The lowest BCUT2D eigenvalue weighted by Crippen LogP contribution is -2.18. The first-order valence-corrected chi connectivity index (χ1v) is 8.05. The summed E-state index contributed by atoms with van der Waals surface area (Å²) in [7, 11) is 1.26. The molecular weight excluding hydrogens is 310 g/mol. The maximum absolute atomic E-state index is 12.1. The molecule has 1 heterocycles. The van der Waals surface area contributed by atoms with Crippen LogP contribution in [0.15, 0.2) is 12.2 Å². The van der Waals surface area contributed by atoms with Crippen molar-refractivity contribution in [1.29, 1.82) is 0 Å². The number of allylic oxidation sites excluding steroid dienone is 2. The number of ether oxygens (including phenoxy) is 2. The van der Waals surface area contributed by atoms with Gasteiger partial charge in [0.2, 0.25) is 0 Å². The molecule has 24 heavy (non-hydrogen) atoms. The summed E-state index contributed by atoms with van der Waals surface area (Å²) in [6.07, 6.45) is 7.06. The highest BCUT2D eigenvalue weighted by Gasteiger charge is 2.25. The summed E-state index contributed by atoms with van der Waals surface area (Å²) in [4.78, 5) is 38.6. The lowest BCUT2D eigenvalue weighted by Gasteiger charge is -2.17. The quantitative estimate of drug-likeness (QED) is 0.491. The first-order valence-electron chi connectivity index (χ1n) is 8.05. The number of hydrogen-bond acceptors (Lipinski definition) is 5. The molecule has 6 heteroatoms. The summed E-state index contributed by atoms with van der Waals surface area (Å²) in [5, 5.41) is 0. The molecule has 1 aliphatic rings. The van der Waals surface area contributed by atoms with Gasteiger partial charge in [-0.25, -0.2) is 4.79 Å². The number of hydrogen-bond donors (Lipinski definition) is 1. The average Bonchev–Trinajstić information content (AvgIpc) is 2.89. The number of ketones is 1. The minimum absolute atomic E-state index is 0.0961. The average molecular weight is 333 g/mol. The second-order valence-electron chi connectivity index (χ2n) is 6.04. The lowest BCUT2D eigenvalue weighted by molar-refractivity contribution is -0.144. The van der Waals surface area contributed by atoms with Crippen molar-refractivity contribution in [2.75, 3.05) is 13.7 Å². The Morgan fingerprint density at radius 2 is 2.04 bits per heavy atom. The van der Waals surface area contributed by atoms with Crippen LogP contribution in [-0.2, 0) is 20.7 Å². The second kappa shape index (κ2) is 7.95. The van der Waals surface area contributed by atoms with Crippen LogP contribution in [0, 0.1) is 12.8 Å². The van der Waals surface area contributed by atoms with Crippen molar-refractivity contribution in [3.63, 3.8) is 0 Å². The first kappa shape index (κ1) is 18.0. The smallest absolute Gasteiger partial charge is 0.339 e. The third-order valence-electron chi connectivity index (χ3n) is 4.25. The van der Waals surface area contributed by atoms with Crippen molar-refractivity contribution in [3.05, 3.63) is 34.7 Å². The van der Waals surface area contributed by atoms with Crippen LogP contribution >= 0.6 is 0 Å². The Morgan fingerprint density at radius 1 is 1.29 bits per heavy atom. The van der Waals surface area contributed by atoms with Crippen LogP contribution in [0.3, 0.4) is 0 Å². The molecule has 1 atom stereocenters. The third kappa shape index (κ3) is 4.13. The summed E-state index contributed by atoms with van der Waals surface area (Å²) >= 11 is 0. The summed E-state index contributed by atoms with van der Waals surface area (Å²) in [5.41, 5.74) is 1.41. The summed E-state index contributed by atoms with van der Waals surface area (Å²) in [5.74, 6) is -0.856. The molecule has 0 radical (unpaired) electrons. The van der Waals surface area contributed by atoms with Gasteiger partial charge < -0.3 is 14.5 Å². The van der Waals surface area contributed by atoms with Crippen LogP contribution in [0.2, 0.25) is 0 Å². The summed E-state index contributed by atoms with van der Waals surface area (Å²) < 4.78 is 10.1. The van der Waals surface area contributed by atoms with Gasteiger partial charge in [0.15, 0.2) is 5.78 Å². The SMILES string of the molecule is COC(=O)c1c(CC(=O)OCC2CC=CCC2)[nH]c(C(C)=O)c1C. The molecule has 0 aromatic carbocycles. The van der Waals surface area contributed by atoms with Crippen molar-refractivity contribution in [1.82, 2.24) is 4.98 Å². The van der Waals surface area contributed by atoms with E-state index in [2.05, 4.69) is 17.1 Å². The molecule has 0 fully saturated rings. The summed E-state index contributed by atoms with van der Waals surface area (Å²) in [6, 6.07) is 0. The molecule has 0 saturated carbocycles. The van der Waals surface area contributed by atoms with E-state index in [0.29, 0.717) is 29.5 Å². The first-order chi connectivity index (χ1) is 11.4. The largest absolute Gasteiger partial charge is 0.465 e. The van der Waals surface area contributed by atoms with Crippen molar-refractivity contribution in [2.24, 2.45) is 5.92 Å². The third-order valence-corrected chi connectivity index (χ3v) is 4.25. The second-order valence-corrected chi connectivity index (χ2v) is 6.04. The van der Waals surface area contributed by atoms with Crippen molar-refractivity contribution < 1.29 is 23.9 Å². The maximum atomic E-state index is 12.1. The van der Waals surface area contributed by atoms with E-state index >= 15 is 0 Å². The fourth-order valence-corrected chi connectivity index (χ4v) is 2.94. The number of Topliss-reactive ketones (excluding diaryl/α,β-unsaturated/α-hetero) is 1. The van der Waals surface area contributed by atoms with E-state index < -0.39 is 11.9 Å². The minimum atomic E-state index is -0.573. The Bertz CT molecular complexity index is 671. The molecule has 130 valence electrons. The molecule has 2 rings (SSSR count). The Hall–Kier alpha value is -2.37. The maximum Gasteiger partial charge on any atom is 0.339 e. The molecule has 0 aliphatic heterocycles. The monoisotopic (exact) mass is 333 g/mol. The highest BCUT2D eigenvalue weighted by atomic mass is 16.5. The highest BCUT2D eigenvalue weighted by Crippen LogP contribution is 2.22. The molecule has 1 aromatic heterocycles. The molecule has 1 aliphatic carbocycles. The zero-order valence-corrected chi connectivity index (χ0v) is 14.3. The van der Waals surface area contributed by atoms with Gasteiger partial charge in [0, 0.05) is 12.6 Å². The van der Waals surface area contributed by atoms with Crippen LogP contribution in [0.25, 0.3) is 0 Å². The van der Waals surface area contributed by atoms with Gasteiger partial charge in [-0.1, -0.05) is 12.2 Å². The number of esters is 2. The predicted molar refractivity (Wildman–Crippen MR) is 88.0 cm³/mol. The zero-order chi connectivity index (χ0) is 17.7. The molecule has 1 unspecified atom stereocenters. The Morgan fingerprint density at radius 3 is 2.62 bits per heavy atom. The number of H-pyrrole nitrogens is 1. The molecule has 0 bridgehead atoms. The molecule has 0 amide bonds. The van der Waals surface area contributed by atoms with Gasteiger partial charge in [-0.3, -0.25) is 9.59 Å². The molecular formula is C18H23NO5. The Labute approximate surface area is 141 Å². The van der Waals surface area contributed by atoms with Gasteiger partial charge in [-0.15, -0.1) is 0 Å². The van der Waals surface area contributed by atoms with E-state index in [4.69, 9.17) is 9.47 Å². The van der Waals surface area contributed by atoms with Crippen LogP contribution in [0.4, 0.5) is 0 Å². The fourth-order valence-electron chi connectivity index (χ4n) is 2.94. The number of nitrogens with one attached hydrogen (secondary N) is 1. The molecule has 0 spiro atoms. The van der Waals surface area contributed by atoms with Gasteiger partial charge in [0.1, 0.15) is 0 Å². The molecule has 6 nitrogen and oxygen atoms in total. The van der Waals surface area contributed by atoms with E-state index in [-0.39, 0.29) is 17.8 Å². The predicted octanol–water partition coefficient (Wildman–Crippen LogP) is 2.75. The van der Waals surface area contributed by atoms with E-state index in [1.165, 1.54) is 14.0 Å². The topological polar surface area (TPSA) is 85.5 Å². The van der Waals surface area contributed by atoms with Gasteiger partial charge in [-0.2, -0.15) is 0 Å². The number of aromatic amines is 1. The molecule has 1 N–H and O–H groups in total. The minimum Gasteiger partial charge on any atom is -0.465 e. The van der Waals surface area contributed by atoms with Crippen molar-refractivity contribution in [2.45, 2.75) is 39.5 Å². The molecule has 1 aromatic rings. The lowest BCUT2D eigenvalue weighted by atomic mass is 9.95. The van der Waals surface area contributed by atoms with Gasteiger partial charge in [0.25, 0.3) is 0 Å². The number of rotatable bonds is 6. The number of carbonyl (C=O) groups excluding carboxylic acids is 3. The zero-order valence-electron chi connectivity index (χ0n) is 14.3. The van der Waals surface area contributed by atoms with Crippen LogP contribution < -0.4 is 0 Å². The summed E-state index contributed by atoms with van der Waals surface area (Å²) in [6.45, 7) is 3.43. The Balaban J connectivity index is 2.08. The number of aromatic nitrogens is 1. The number of methoxy groups -OCH3 is 1. The van der Waals surface area contributed by atoms with Crippen molar-refractivity contribution >= 4 is 17.7 Å². The van der Waals surface area contributed by atoms with E-state index in [1.807, 2.05) is 0 Å². The van der Waals surface area contributed by atoms with Gasteiger partial charge >= 0.3 is 11.9 Å². The van der Waals surface area contributed by atoms with E-state index in [9.17, 15) is 14.4 Å². The van der Waals surface area contributed by atoms with Crippen LogP contribution in [0.5, 0.6) is 0 Å². The highest BCUT2D eigenvalue weighted by molar-refractivity contribution is 6.01. The fraction of sp³-hybridized carbons (Fsp3) is 0.500. The van der Waals surface area contributed by atoms with E-state index in [1.54, 1.807) is 6.92 Å². The van der Waals surface area contributed by atoms with Crippen LogP contribution in [0.1, 0.15) is 58.3 Å². The standard InChI is InChI=1S/C18H23NO5/c1-11-16(18(22)23-3)14(19-17(11)12(2)20)9-15(21)24-10-13-7-5-4-6-8-13/h4-5,13,19H,6-10H2,1-3H3. The number of carbonyl (C=O) groups is 3. The van der Waals surface area contributed by atoms with Gasteiger partial charge in [0.05, 0.1) is 31.4 Å². The van der Waals surface area contributed by atoms with Gasteiger partial charge in [-0.05, 0) is 37.7 Å². The Kier molecular flexibility index (Phi) is 5.95. The van der Waals surface area contributed by atoms with Crippen molar-refractivity contribution in [3.8, 4) is 0 Å². The van der Waals surface area contributed by atoms with E-state index in [0.717, 1.165) is 19.3 Å². The molecule has 0 saturated heterocycles. The normalized spacial score (nSPS) is 16.7.